The van der Waals surface area contributed by atoms with Crippen molar-refractivity contribution >= 4 is 33.3 Å². The van der Waals surface area contributed by atoms with Gasteiger partial charge in [-0.25, -0.2) is 9.97 Å². The number of anilines is 2. The maximum atomic E-state index is 12.2. The molecule has 1 N–H and O–H groups in total. The van der Waals surface area contributed by atoms with E-state index in [2.05, 4.69) is 38.1 Å². The molecule has 1 amide bonds. The molecule has 122 valence electrons. The number of halogens is 1. The highest BCUT2D eigenvalue weighted by Gasteiger charge is 2.13. The zero-order valence-corrected chi connectivity index (χ0v) is 15.2. The molecule has 1 aromatic carbocycles. The van der Waals surface area contributed by atoms with Crippen molar-refractivity contribution in [2.45, 2.75) is 26.7 Å². The van der Waals surface area contributed by atoms with Crippen LogP contribution in [-0.2, 0) is 0 Å². The van der Waals surface area contributed by atoms with Crippen molar-refractivity contribution in [3.05, 3.63) is 46.3 Å². The topological polar surface area (TPSA) is 58.1 Å². The third kappa shape index (κ3) is 4.76. The lowest BCUT2D eigenvalue weighted by Gasteiger charge is -2.16. The summed E-state index contributed by atoms with van der Waals surface area (Å²) in [7, 11) is 1.79. The van der Waals surface area contributed by atoms with Crippen LogP contribution in [0, 0.1) is 6.92 Å². The number of rotatable bonds is 6. The van der Waals surface area contributed by atoms with Crippen LogP contribution in [0.2, 0.25) is 0 Å². The minimum Gasteiger partial charge on any atom is -0.340 e. The third-order valence-corrected chi connectivity index (χ3v) is 4.38. The molecular formula is C17H21BrN4O. The monoisotopic (exact) mass is 376 g/mol. The van der Waals surface area contributed by atoms with Crippen LogP contribution < -0.4 is 5.32 Å². The first-order valence-electron chi connectivity index (χ1n) is 7.62. The fourth-order valence-electron chi connectivity index (χ4n) is 2.07. The lowest BCUT2D eigenvalue weighted by molar-refractivity contribution is 0.0787. The van der Waals surface area contributed by atoms with Gasteiger partial charge in [-0.15, -0.1) is 0 Å². The maximum absolute atomic E-state index is 12.2. The van der Waals surface area contributed by atoms with Crippen molar-refractivity contribution in [1.29, 1.82) is 0 Å². The first-order chi connectivity index (χ1) is 11.0. The van der Waals surface area contributed by atoms with E-state index < -0.39 is 0 Å². The molecule has 6 heteroatoms. The second-order valence-electron chi connectivity index (χ2n) is 5.46. The Balaban J connectivity index is 2.04. The highest BCUT2D eigenvalue weighted by molar-refractivity contribution is 9.10. The van der Waals surface area contributed by atoms with Crippen molar-refractivity contribution in [3.8, 4) is 0 Å². The first-order valence-corrected chi connectivity index (χ1v) is 8.41. The molecule has 2 aromatic rings. The van der Waals surface area contributed by atoms with Gasteiger partial charge in [0.2, 0.25) is 0 Å². The number of carbonyl (C=O) groups is 1. The summed E-state index contributed by atoms with van der Waals surface area (Å²) in [5.74, 6) is 0.511. The normalized spacial score (nSPS) is 10.4. The molecule has 0 unspecified atom stereocenters. The SMILES string of the molecule is CCCCN(C)C(=O)c1cnc(Nc2ccc(Br)c(C)c2)cn1. The molecule has 0 spiro atoms. The molecular weight excluding hydrogens is 356 g/mol. The number of unbranched alkanes of at least 4 members (excludes halogenated alkanes) is 1. The molecule has 5 nitrogen and oxygen atoms in total. The number of nitrogens with zero attached hydrogens (tertiary/aromatic N) is 3. The van der Waals surface area contributed by atoms with E-state index in [4.69, 9.17) is 0 Å². The molecule has 0 aliphatic heterocycles. The summed E-state index contributed by atoms with van der Waals surface area (Å²) in [5, 5.41) is 3.18. The van der Waals surface area contributed by atoms with Crippen LogP contribution in [0.15, 0.2) is 35.1 Å². The number of hydrogen-bond acceptors (Lipinski definition) is 4. The molecule has 1 aromatic heterocycles. The summed E-state index contributed by atoms with van der Waals surface area (Å²) in [6.07, 6.45) is 5.13. The average Bonchev–Trinajstić information content (AvgIpc) is 2.56. The van der Waals surface area contributed by atoms with E-state index in [1.54, 1.807) is 18.1 Å². The van der Waals surface area contributed by atoms with Crippen LogP contribution in [0.4, 0.5) is 11.5 Å². The average molecular weight is 377 g/mol. The van der Waals surface area contributed by atoms with Crippen molar-refractivity contribution in [3.63, 3.8) is 0 Å². The van der Waals surface area contributed by atoms with Gasteiger partial charge in [-0.05, 0) is 37.1 Å². The van der Waals surface area contributed by atoms with Crippen LogP contribution in [-0.4, -0.2) is 34.4 Å². The summed E-state index contributed by atoms with van der Waals surface area (Å²) < 4.78 is 1.06. The van der Waals surface area contributed by atoms with Gasteiger partial charge < -0.3 is 10.2 Å². The second kappa shape index (κ2) is 8.06. The van der Waals surface area contributed by atoms with Gasteiger partial charge in [-0.1, -0.05) is 29.3 Å². The fourth-order valence-corrected chi connectivity index (χ4v) is 2.31. The summed E-state index contributed by atoms with van der Waals surface area (Å²) in [6.45, 7) is 4.85. The summed E-state index contributed by atoms with van der Waals surface area (Å²) in [6, 6.07) is 5.95. The standard InChI is InChI=1S/C17H21BrN4O/c1-4-5-8-22(3)17(23)15-10-20-16(11-19-15)21-13-6-7-14(18)12(2)9-13/h6-7,9-11H,4-5,8H2,1-3H3,(H,20,21). The van der Waals surface area contributed by atoms with Crippen molar-refractivity contribution in [1.82, 2.24) is 14.9 Å². The Labute approximate surface area is 145 Å². The first kappa shape index (κ1) is 17.4. The van der Waals surface area contributed by atoms with Gasteiger partial charge in [0, 0.05) is 23.8 Å². The molecule has 0 atom stereocenters. The molecule has 0 aliphatic carbocycles. The van der Waals surface area contributed by atoms with Gasteiger partial charge in [-0.2, -0.15) is 0 Å². The van der Waals surface area contributed by atoms with Crippen LogP contribution in [0.3, 0.4) is 0 Å². The molecule has 1 heterocycles. The number of aryl methyl sites for hydroxylation is 1. The van der Waals surface area contributed by atoms with E-state index in [0.717, 1.165) is 35.1 Å². The summed E-state index contributed by atoms with van der Waals surface area (Å²) in [5.41, 5.74) is 2.42. The number of hydrogen-bond donors (Lipinski definition) is 1. The zero-order valence-electron chi connectivity index (χ0n) is 13.6. The zero-order chi connectivity index (χ0) is 16.8. The van der Waals surface area contributed by atoms with E-state index in [0.29, 0.717) is 11.5 Å². The molecule has 0 saturated carbocycles. The Hall–Kier alpha value is -1.95. The Bertz CT molecular complexity index is 673. The van der Waals surface area contributed by atoms with Crippen molar-refractivity contribution < 1.29 is 4.79 Å². The van der Waals surface area contributed by atoms with E-state index in [9.17, 15) is 4.79 Å². The van der Waals surface area contributed by atoms with Crippen LogP contribution in [0.5, 0.6) is 0 Å². The maximum Gasteiger partial charge on any atom is 0.273 e. The van der Waals surface area contributed by atoms with E-state index in [1.165, 1.54) is 6.20 Å². The number of benzene rings is 1. The number of carbonyl (C=O) groups excluding carboxylic acids is 1. The van der Waals surface area contributed by atoms with E-state index in [1.807, 2.05) is 25.1 Å². The Morgan fingerprint density at radius 2 is 2.09 bits per heavy atom. The highest BCUT2D eigenvalue weighted by Crippen LogP contribution is 2.22. The number of amides is 1. The second-order valence-corrected chi connectivity index (χ2v) is 6.31. The van der Waals surface area contributed by atoms with Crippen molar-refractivity contribution in [2.75, 3.05) is 18.9 Å². The van der Waals surface area contributed by atoms with Crippen molar-refractivity contribution in [2.24, 2.45) is 0 Å². The molecule has 0 saturated heterocycles. The summed E-state index contributed by atoms with van der Waals surface area (Å²) >= 11 is 3.47. The molecule has 23 heavy (non-hydrogen) atoms. The number of aromatic nitrogens is 2. The van der Waals surface area contributed by atoms with Crippen LogP contribution in [0.25, 0.3) is 0 Å². The quantitative estimate of drug-likeness (QED) is 0.821. The predicted molar refractivity (Wildman–Crippen MR) is 96.1 cm³/mol. The highest BCUT2D eigenvalue weighted by atomic mass is 79.9. The Morgan fingerprint density at radius 1 is 1.30 bits per heavy atom. The largest absolute Gasteiger partial charge is 0.340 e. The predicted octanol–water partition coefficient (Wildman–Crippen LogP) is 4.16. The molecule has 0 aliphatic rings. The van der Waals surface area contributed by atoms with E-state index in [-0.39, 0.29) is 5.91 Å². The summed E-state index contributed by atoms with van der Waals surface area (Å²) in [4.78, 5) is 22.4. The molecule has 2 rings (SSSR count). The lowest BCUT2D eigenvalue weighted by Crippen LogP contribution is -2.28. The van der Waals surface area contributed by atoms with Crippen LogP contribution in [0.1, 0.15) is 35.8 Å². The lowest BCUT2D eigenvalue weighted by atomic mass is 10.2. The van der Waals surface area contributed by atoms with Gasteiger partial charge in [0.1, 0.15) is 11.5 Å². The Morgan fingerprint density at radius 3 is 2.70 bits per heavy atom. The minimum atomic E-state index is -0.100. The minimum absolute atomic E-state index is 0.100. The van der Waals surface area contributed by atoms with Gasteiger partial charge in [0.25, 0.3) is 5.91 Å². The van der Waals surface area contributed by atoms with E-state index >= 15 is 0 Å². The third-order valence-electron chi connectivity index (χ3n) is 3.50. The molecule has 0 fully saturated rings. The molecule has 0 radical (unpaired) electrons. The van der Waals surface area contributed by atoms with Crippen LogP contribution >= 0.6 is 15.9 Å². The smallest absolute Gasteiger partial charge is 0.273 e. The fraction of sp³-hybridized carbons (Fsp3) is 0.353. The van der Waals surface area contributed by atoms with Gasteiger partial charge >= 0.3 is 0 Å². The number of nitrogens with one attached hydrogen (secondary N) is 1. The molecule has 0 bridgehead atoms. The van der Waals surface area contributed by atoms with Gasteiger partial charge in [0.05, 0.1) is 12.4 Å². The van der Waals surface area contributed by atoms with Gasteiger partial charge in [0.15, 0.2) is 0 Å². The van der Waals surface area contributed by atoms with Gasteiger partial charge in [-0.3, -0.25) is 4.79 Å². The Kier molecular flexibility index (Phi) is 6.10.